The van der Waals surface area contributed by atoms with Crippen LogP contribution >= 0.6 is 11.8 Å². The summed E-state index contributed by atoms with van der Waals surface area (Å²) in [6, 6.07) is 14.9. The second-order valence-electron chi connectivity index (χ2n) is 8.13. The Hall–Kier alpha value is -4.38. The van der Waals surface area contributed by atoms with E-state index in [2.05, 4.69) is 20.9 Å². The van der Waals surface area contributed by atoms with Gasteiger partial charge in [-0.3, -0.25) is 0 Å². The van der Waals surface area contributed by atoms with E-state index < -0.39 is 6.10 Å². The Bertz CT molecular complexity index is 1500. The minimum atomic E-state index is -0.613. The lowest BCUT2D eigenvalue weighted by Crippen LogP contribution is -2.12. The van der Waals surface area contributed by atoms with Crippen molar-refractivity contribution in [2.75, 3.05) is 12.3 Å². The summed E-state index contributed by atoms with van der Waals surface area (Å²) in [5.74, 6) is 1.50. The molecule has 10 heteroatoms. The van der Waals surface area contributed by atoms with Gasteiger partial charge in [-0.15, -0.1) is 0 Å². The van der Waals surface area contributed by atoms with E-state index in [9.17, 15) is 14.8 Å². The molecule has 0 fully saturated rings. The van der Waals surface area contributed by atoms with Gasteiger partial charge in [0.25, 0.3) is 0 Å². The van der Waals surface area contributed by atoms with Crippen LogP contribution in [-0.4, -0.2) is 27.8 Å². The molecule has 0 radical (unpaired) electrons. The van der Waals surface area contributed by atoms with Gasteiger partial charge in [-0.25, -0.2) is 19.2 Å². The number of nitriles is 1. The smallest absolute Gasteiger partial charge is 0.236 e. The van der Waals surface area contributed by atoms with E-state index in [0.717, 1.165) is 0 Å². The van der Waals surface area contributed by atoms with E-state index in [-0.39, 0.29) is 29.5 Å². The molecule has 0 saturated heterocycles. The minimum Gasteiger partial charge on any atom is -0.491 e. The molecule has 0 amide bonds. The SMILES string of the molecule is [C-]#[N+]c1c(N)nc(SCc2nc(-c3ccc(F)cc3)oc2C)c(C#N)c1-c1ccc(OC[C@H](C)O)cc1. The number of aliphatic hydroxyl groups is 1. The molecule has 4 rings (SSSR count). The van der Waals surface area contributed by atoms with Crippen molar-refractivity contribution < 1.29 is 18.7 Å². The molecule has 0 saturated carbocycles. The van der Waals surface area contributed by atoms with Crippen molar-refractivity contribution in [1.29, 1.82) is 5.26 Å². The highest BCUT2D eigenvalue weighted by molar-refractivity contribution is 7.98. The Morgan fingerprint density at radius 1 is 1.19 bits per heavy atom. The molecule has 37 heavy (non-hydrogen) atoms. The second-order valence-corrected chi connectivity index (χ2v) is 9.09. The van der Waals surface area contributed by atoms with Gasteiger partial charge < -0.3 is 20.0 Å². The number of thioether (sulfide) groups is 1. The quantitative estimate of drug-likeness (QED) is 0.219. The molecule has 4 aromatic rings. The lowest BCUT2D eigenvalue weighted by molar-refractivity contribution is 0.123. The summed E-state index contributed by atoms with van der Waals surface area (Å²) < 4.78 is 24.5. The summed E-state index contributed by atoms with van der Waals surface area (Å²) in [6.45, 7) is 11.2. The van der Waals surface area contributed by atoms with Crippen LogP contribution in [0.5, 0.6) is 5.75 Å². The van der Waals surface area contributed by atoms with E-state index in [0.29, 0.717) is 50.6 Å². The molecular weight excluding hydrogens is 493 g/mol. The number of nitrogen functional groups attached to an aromatic ring is 1. The molecule has 0 aliphatic carbocycles. The summed E-state index contributed by atoms with van der Waals surface area (Å²) >= 11 is 1.26. The number of oxazole rings is 1. The van der Waals surface area contributed by atoms with Crippen LogP contribution in [-0.2, 0) is 5.75 Å². The first-order chi connectivity index (χ1) is 17.8. The normalized spacial score (nSPS) is 11.5. The van der Waals surface area contributed by atoms with Crippen molar-refractivity contribution in [3.05, 3.63) is 82.8 Å². The Kier molecular flexibility index (Phi) is 7.73. The van der Waals surface area contributed by atoms with Gasteiger partial charge in [0.15, 0.2) is 0 Å². The first-order valence-corrected chi connectivity index (χ1v) is 12.2. The summed E-state index contributed by atoms with van der Waals surface area (Å²) in [7, 11) is 0. The average molecular weight is 516 g/mol. The van der Waals surface area contributed by atoms with Crippen LogP contribution in [0.3, 0.4) is 0 Å². The topological polar surface area (TPSA) is 123 Å². The zero-order valence-electron chi connectivity index (χ0n) is 20.0. The molecule has 2 heterocycles. The van der Waals surface area contributed by atoms with Crippen LogP contribution < -0.4 is 10.5 Å². The number of aromatic nitrogens is 2. The predicted octanol–water partition coefficient (Wildman–Crippen LogP) is 5.91. The molecule has 2 aromatic heterocycles. The highest BCUT2D eigenvalue weighted by Crippen LogP contribution is 2.42. The number of rotatable bonds is 8. The van der Waals surface area contributed by atoms with E-state index in [4.69, 9.17) is 21.5 Å². The van der Waals surface area contributed by atoms with Crippen LogP contribution in [0.25, 0.3) is 27.4 Å². The molecule has 0 unspecified atom stereocenters. The summed E-state index contributed by atoms with van der Waals surface area (Å²) in [5.41, 5.74) is 8.73. The Labute approximate surface area is 217 Å². The number of ether oxygens (including phenoxy) is 1. The largest absolute Gasteiger partial charge is 0.491 e. The molecule has 0 bridgehead atoms. The first-order valence-electron chi connectivity index (χ1n) is 11.2. The molecule has 0 spiro atoms. The number of nitrogens with zero attached hydrogens (tertiary/aromatic N) is 4. The molecule has 186 valence electrons. The summed E-state index contributed by atoms with van der Waals surface area (Å²) in [6.07, 6.45) is -0.613. The lowest BCUT2D eigenvalue weighted by Gasteiger charge is -2.14. The number of aryl methyl sites for hydroxylation is 1. The standard InChI is InChI=1S/C27H22FN5O3S/c1-15(34)13-35-20-10-6-17(7-11-20)23-21(12-29)27(33-25(30)24(23)31-3)37-14-22-16(2)36-26(32-22)18-4-8-19(28)9-5-18/h4-11,15,34H,13-14H2,1-2H3,(H2,30,33)/t15-/m0/s1. The highest BCUT2D eigenvalue weighted by atomic mass is 32.2. The number of pyridine rings is 1. The summed E-state index contributed by atoms with van der Waals surface area (Å²) in [5, 5.41) is 19.8. The van der Waals surface area contributed by atoms with E-state index >= 15 is 0 Å². The van der Waals surface area contributed by atoms with Crippen molar-refractivity contribution >= 4 is 23.3 Å². The Balaban J connectivity index is 1.65. The number of anilines is 1. The zero-order valence-corrected chi connectivity index (χ0v) is 20.8. The molecule has 0 aliphatic rings. The molecule has 0 aliphatic heterocycles. The fraction of sp³-hybridized carbons (Fsp3) is 0.185. The van der Waals surface area contributed by atoms with Gasteiger partial charge in [0, 0.05) is 16.9 Å². The average Bonchev–Trinajstić information content (AvgIpc) is 3.26. The maximum absolute atomic E-state index is 13.3. The highest BCUT2D eigenvalue weighted by Gasteiger charge is 2.22. The molecule has 1 atom stereocenters. The Morgan fingerprint density at radius 3 is 2.49 bits per heavy atom. The fourth-order valence-electron chi connectivity index (χ4n) is 3.52. The second kappa shape index (κ2) is 11.1. The van der Waals surface area contributed by atoms with Crippen LogP contribution in [0.4, 0.5) is 15.9 Å². The van der Waals surface area contributed by atoms with Crippen LogP contribution in [0.15, 0.2) is 58.0 Å². The van der Waals surface area contributed by atoms with Crippen molar-refractivity contribution in [1.82, 2.24) is 9.97 Å². The van der Waals surface area contributed by atoms with Crippen molar-refractivity contribution in [3.8, 4) is 34.4 Å². The minimum absolute atomic E-state index is 0.0183. The van der Waals surface area contributed by atoms with E-state index in [1.165, 1.54) is 23.9 Å². The third-order valence-electron chi connectivity index (χ3n) is 5.35. The van der Waals surface area contributed by atoms with Gasteiger partial charge in [0.05, 0.1) is 23.9 Å². The van der Waals surface area contributed by atoms with E-state index in [1.807, 2.05) is 0 Å². The van der Waals surface area contributed by atoms with Crippen LogP contribution in [0.2, 0.25) is 0 Å². The number of halogens is 1. The zero-order chi connectivity index (χ0) is 26.5. The van der Waals surface area contributed by atoms with Gasteiger partial charge in [0.2, 0.25) is 11.6 Å². The van der Waals surface area contributed by atoms with Gasteiger partial charge in [-0.2, -0.15) is 5.26 Å². The number of benzene rings is 2. The lowest BCUT2D eigenvalue weighted by atomic mass is 10.00. The molecule has 3 N–H and O–H groups in total. The third-order valence-corrected chi connectivity index (χ3v) is 6.34. The molecular formula is C27H22FN5O3S. The fourth-order valence-corrected chi connectivity index (χ4v) is 4.52. The van der Waals surface area contributed by atoms with Crippen LogP contribution in [0.1, 0.15) is 23.9 Å². The molecule has 2 aromatic carbocycles. The summed E-state index contributed by atoms with van der Waals surface area (Å²) in [4.78, 5) is 12.4. The van der Waals surface area contributed by atoms with E-state index in [1.54, 1.807) is 50.2 Å². The number of nitrogens with two attached hydrogens (primary N) is 1. The third kappa shape index (κ3) is 5.72. The predicted molar refractivity (Wildman–Crippen MR) is 138 cm³/mol. The van der Waals surface area contributed by atoms with Crippen molar-refractivity contribution in [2.24, 2.45) is 0 Å². The number of hydrogen-bond donors (Lipinski definition) is 2. The van der Waals surface area contributed by atoms with Gasteiger partial charge in [-0.05, 0) is 55.8 Å². The van der Waals surface area contributed by atoms with Gasteiger partial charge in [-0.1, -0.05) is 23.9 Å². The Morgan fingerprint density at radius 2 is 1.86 bits per heavy atom. The number of aliphatic hydroxyl groups excluding tert-OH is 1. The maximum Gasteiger partial charge on any atom is 0.236 e. The van der Waals surface area contributed by atoms with Crippen molar-refractivity contribution in [2.45, 2.75) is 30.7 Å². The number of hydrogen-bond acceptors (Lipinski definition) is 8. The first kappa shape index (κ1) is 25.7. The monoisotopic (exact) mass is 515 g/mol. The van der Waals surface area contributed by atoms with Crippen LogP contribution in [0, 0.1) is 30.6 Å². The van der Waals surface area contributed by atoms with Gasteiger partial charge >= 0.3 is 0 Å². The molecule has 8 nitrogen and oxygen atoms in total. The van der Waals surface area contributed by atoms with Crippen molar-refractivity contribution in [3.63, 3.8) is 0 Å². The maximum atomic E-state index is 13.3. The van der Waals surface area contributed by atoms with Gasteiger partial charge in [0.1, 0.15) is 40.8 Å².